The number of halogens is 3. The van der Waals surface area contributed by atoms with Gasteiger partial charge < -0.3 is 20.1 Å². The first-order chi connectivity index (χ1) is 19.9. The molecule has 0 saturated heterocycles. The summed E-state index contributed by atoms with van der Waals surface area (Å²) in [7, 11) is -1.59. The molecule has 0 aliphatic carbocycles. The van der Waals surface area contributed by atoms with Crippen LogP contribution in [0, 0.1) is 0 Å². The number of H-pyrrole nitrogens is 1. The van der Waals surface area contributed by atoms with Crippen LogP contribution < -0.4 is 20.1 Å². The van der Waals surface area contributed by atoms with Gasteiger partial charge in [0.25, 0.3) is 11.8 Å². The summed E-state index contributed by atoms with van der Waals surface area (Å²) in [4.78, 5) is 29.5. The normalized spacial score (nSPS) is 15.2. The molecule has 0 aliphatic heterocycles. The number of aromatic amines is 1. The smallest absolute Gasteiger partial charge is 0.480 e. The highest BCUT2D eigenvalue weighted by molar-refractivity contribution is 6.05. The van der Waals surface area contributed by atoms with Gasteiger partial charge in [0.2, 0.25) is 5.88 Å². The van der Waals surface area contributed by atoms with Gasteiger partial charge in [-0.05, 0) is 48.3 Å². The first-order valence-electron chi connectivity index (χ1n) is 13.5. The van der Waals surface area contributed by atoms with Gasteiger partial charge >= 0.3 is 6.36 Å². The van der Waals surface area contributed by atoms with E-state index >= 15 is 0 Å². The fraction of sp³-hybridized carbons (Fsp3) is 0.200. The molecule has 0 bridgehead atoms. The molecule has 0 spiro atoms. The number of nitrogens with one attached hydrogen (secondary N) is 3. The summed E-state index contributed by atoms with van der Waals surface area (Å²) in [5.74, 6) is -2.92. The van der Waals surface area contributed by atoms with E-state index in [1.165, 1.54) is 25.4 Å². The standard InChI is InChI=1S/C25H22F3N5O4/c1-13(14-5-4-6-17(9-14)37-25(26,27)28)31-22(34)19-10-16(12-30-24(19)36-3)15-7-8-18-20(11-15)32-33-21(18)23(35)29-2/h4-13H,1-3H3,(H,29,35)(H,31,34)(H,32,33)/t13-/m1/s1/i1D3,3D3. The molecule has 4 aromatic rings. The largest absolute Gasteiger partial charge is 0.573 e. The molecule has 9 nitrogen and oxygen atoms in total. The van der Waals surface area contributed by atoms with Crippen molar-refractivity contribution in [3.8, 4) is 22.8 Å². The Hall–Kier alpha value is -4.61. The Labute approximate surface area is 217 Å². The number of carbonyl (C=O) groups is 2. The van der Waals surface area contributed by atoms with Crippen molar-refractivity contribution in [3.63, 3.8) is 0 Å². The second kappa shape index (κ2) is 10.2. The number of fused-ring (bicyclic) bond motifs is 1. The van der Waals surface area contributed by atoms with Gasteiger partial charge in [-0.15, -0.1) is 13.2 Å². The van der Waals surface area contributed by atoms with Crippen LogP contribution in [0.15, 0.2) is 54.7 Å². The monoisotopic (exact) mass is 519 g/mol. The summed E-state index contributed by atoms with van der Waals surface area (Å²) in [5, 5.41) is 11.9. The fourth-order valence-corrected chi connectivity index (χ4v) is 3.53. The van der Waals surface area contributed by atoms with Crippen LogP contribution in [0.1, 0.15) is 47.5 Å². The highest BCUT2D eigenvalue weighted by Crippen LogP contribution is 2.29. The molecule has 2 amide bonds. The zero-order valence-corrected chi connectivity index (χ0v) is 18.9. The van der Waals surface area contributed by atoms with Crippen molar-refractivity contribution in [3.05, 3.63) is 71.5 Å². The Kier molecular flexibility index (Phi) is 5.12. The predicted octanol–water partition coefficient (Wildman–Crippen LogP) is 4.38. The molecule has 0 saturated carbocycles. The van der Waals surface area contributed by atoms with Gasteiger partial charge in [0.05, 0.1) is 22.7 Å². The molecule has 0 radical (unpaired) electrons. The van der Waals surface area contributed by atoms with Crippen LogP contribution in [0.3, 0.4) is 0 Å². The van der Waals surface area contributed by atoms with Crippen molar-refractivity contribution in [2.24, 2.45) is 0 Å². The van der Waals surface area contributed by atoms with Crippen molar-refractivity contribution in [2.45, 2.75) is 19.3 Å². The number of pyridine rings is 1. The molecular weight excluding hydrogens is 491 g/mol. The minimum absolute atomic E-state index is 0.143. The minimum Gasteiger partial charge on any atom is -0.480 e. The minimum atomic E-state index is -5.05. The Morgan fingerprint density at radius 2 is 1.95 bits per heavy atom. The summed E-state index contributed by atoms with van der Waals surface area (Å²) in [6.07, 6.45) is -3.83. The topological polar surface area (TPSA) is 118 Å². The molecule has 3 N–H and O–H groups in total. The van der Waals surface area contributed by atoms with Gasteiger partial charge in [-0.25, -0.2) is 4.98 Å². The third kappa shape index (κ3) is 5.63. The van der Waals surface area contributed by atoms with Gasteiger partial charge in [0.1, 0.15) is 11.3 Å². The van der Waals surface area contributed by atoms with Crippen LogP contribution in [0.5, 0.6) is 11.6 Å². The van der Waals surface area contributed by atoms with Crippen molar-refractivity contribution in [1.29, 1.82) is 0 Å². The van der Waals surface area contributed by atoms with Gasteiger partial charge in [0, 0.05) is 28.3 Å². The maximum absolute atomic E-state index is 13.5. The van der Waals surface area contributed by atoms with Gasteiger partial charge in [-0.3, -0.25) is 14.7 Å². The fourth-order valence-electron chi connectivity index (χ4n) is 3.53. The zero-order chi connectivity index (χ0) is 31.7. The second-order valence-corrected chi connectivity index (χ2v) is 7.62. The highest BCUT2D eigenvalue weighted by Gasteiger charge is 2.31. The van der Waals surface area contributed by atoms with Crippen molar-refractivity contribution < 1.29 is 40.5 Å². The van der Waals surface area contributed by atoms with E-state index in [2.05, 4.69) is 30.6 Å². The molecule has 4 rings (SSSR count). The first-order valence-corrected chi connectivity index (χ1v) is 10.5. The number of methoxy groups -OCH3 is 1. The van der Waals surface area contributed by atoms with E-state index in [0.29, 0.717) is 16.5 Å². The molecule has 2 aromatic carbocycles. The Balaban J connectivity index is 1.74. The number of rotatable bonds is 7. The van der Waals surface area contributed by atoms with Gasteiger partial charge in [0.15, 0.2) is 5.69 Å². The molecule has 12 heteroatoms. The van der Waals surface area contributed by atoms with E-state index in [1.807, 2.05) is 0 Å². The SMILES string of the molecule is [2H]C([2H])([2H])Oc1ncc(-c2ccc3c(C(=O)NC)n[nH]c3c2)cc1C(=O)N[C@@H](c1cccc(OC(F)(F)F)c1)C([2H])([2H])[2H]. The first kappa shape index (κ1) is 18.6. The third-order valence-electron chi connectivity index (χ3n) is 5.23. The molecule has 192 valence electrons. The van der Waals surface area contributed by atoms with Gasteiger partial charge in [-0.1, -0.05) is 18.2 Å². The number of aromatic nitrogens is 3. The van der Waals surface area contributed by atoms with E-state index in [-0.39, 0.29) is 16.8 Å². The van der Waals surface area contributed by atoms with E-state index in [4.69, 9.17) is 13.0 Å². The lowest BCUT2D eigenvalue weighted by atomic mass is 10.0. The molecule has 37 heavy (non-hydrogen) atoms. The van der Waals surface area contributed by atoms with E-state index in [9.17, 15) is 22.8 Å². The number of ether oxygens (including phenoxy) is 2. The summed E-state index contributed by atoms with van der Waals surface area (Å²) in [5.41, 5.74) is 0.603. The molecule has 0 fully saturated rings. The molecule has 0 aliphatic rings. The molecule has 2 aromatic heterocycles. The average Bonchev–Trinajstić information content (AvgIpc) is 3.32. The van der Waals surface area contributed by atoms with Crippen molar-refractivity contribution in [2.75, 3.05) is 14.1 Å². The summed E-state index contributed by atoms with van der Waals surface area (Å²) < 4.78 is 93.0. The molecule has 1 atom stereocenters. The maximum Gasteiger partial charge on any atom is 0.573 e. The van der Waals surface area contributed by atoms with E-state index < -0.39 is 55.3 Å². The van der Waals surface area contributed by atoms with Crippen LogP contribution in [-0.2, 0) is 0 Å². The van der Waals surface area contributed by atoms with Crippen LogP contribution in [0.2, 0.25) is 0 Å². The molecule has 0 unspecified atom stereocenters. The summed E-state index contributed by atoms with van der Waals surface area (Å²) in [6.45, 7) is -2.96. The van der Waals surface area contributed by atoms with E-state index in [0.717, 1.165) is 18.2 Å². The zero-order valence-electron chi connectivity index (χ0n) is 24.9. The quantitative estimate of drug-likeness (QED) is 0.334. The number of nitrogens with zero attached hydrogens (tertiary/aromatic N) is 2. The van der Waals surface area contributed by atoms with Crippen molar-refractivity contribution in [1.82, 2.24) is 25.8 Å². The van der Waals surface area contributed by atoms with Crippen LogP contribution in [0.4, 0.5) is 13.2 Å². The predicted molar refractivity (Wildman–Crippen MR) is 128 cm³/mol. The lowest BCUT2D eigenvalue weighted by molar-refractivity contribution is -0.274. The number of alkyl halides is 3. The average molecular weight is 520 g/mol. The number of hydrogen-bond donors (Lipinski definition) is 3. The Bertz CT molecular complexity index is 1670. The van der Waals surface area contributed by atoms with Crippen LogP contribution in [-0.4, -0.2) is 47.4 Å². The molecule has 2 heterocycles. The lowest BCUT2D eigenvalue weighted by Gasteiger charge is -2.17. The number of carbonyl (C=O) groups excluding carboxylic acids is 2. The number of hydrogen-bond acceptors (Lipinski definition) is 6. The Morgan fingerprint density at radius 3 is 2.68 bits per heavy atom. The number of benzene rings is 2. The van der Waals surface area contributed by atoms with Crippen LogP contribution >= 0.6 is 0 Å². The second-order valence-electron chi connectivity index (χ2n) is 7.62. The van der Waals surface area contributed by atoms with Crippen LogP contribution in [0.25, 0.3) is 22.0 Å². The summed E-state index contributed by atoms with van der Waals surface area (Å²) >= 11 is 0. The molecular formula is C25H22F3N5O4. The lowest BCUT2D eigenvalue weighted by Crippen LogP contribution is -2.27. The highest BCUT2D eigenvalue weighted by atomic mass is 19.4. The van der Waals surface area contributed by atoms with Crippen molar-refractivity contribution >= 4 is 22.7 Å². The third-order valence-corrected chi connectivity index (χ3v) is 5.23. The Morgan fingerprint density at radius 1 is 1.11 bits per heavy atom. The van der Waals surface area contributed by atoms with E-state index in [1.54, 1.807) is 18.2 Å². The van der Waals surface area contributed by atoms with Gasteiger partial charge in [-0.2, -0.15) is 5.10 Å². The summed E-state index contributed by atoms with van der Waals surface area (Å²) in [6, 6.07) is 8.21. The number of amides is 2. The maximum atomic E-state index is 13.5.